The van der Waals surface area contributed by atoms with E-state index < -0.39 is 6.04 Å². The zero-order chi connectivity index (χ0) is 10.8. The molecular weight excluding hydrogens is 178 g/mol. The van der Waals surface area contributed by atoms with Crippen LogP contribution in [0.3, 0.4) is 0 Å². The second-order valence-electron chi connectivity index (χ2n) is 5.09. The number of hydrogen-bond donors (Lipinski definition) is 1. The number of hydrogen-bond acceptors (Lipinski definition) is 3. The zero-order valence-corrected chi connectivity index (χ0v) is 9.38. The van der Waals surface area contributed by atoms with Crippen LogP contribution in [-0.2, 0) is 9.53 Å². The van der Waals surface area contributed by atoms with E-state index in [1.54, 1.807) is 6.92 Å². The first-order valence-corrected chi connectivity index (χ1v) is 5.37. The molecule has 0 saturated heterocycles. The van der Waals surface area contributed by atoms with Crippen molar-refractivity contribution in [2.75, 3.05) is 0 Å². The minimum atomic E-state index is -0.495. The van der Waals surface area contributed by atoms with Crippen molar-refractivity contribution in [1.82, 2.24) is 0 Å². The molecule has 0 bridgehead atoms. The van der Waals surface area contributed by atoms with Crippen LogP contribution in [0.4, 0.5) is 0 Å². The summed E-state index contributed by atoms with van der Waals surface area (Å²) >= 11 is 0. The van der Waals surface area contributed by atoms with E-state index in [-0.39, 0.29) is 12.1 Å². The van der Waals surface area contributed by atoms with E-state index in [0.717, 1.165) is 25.7 Å². The van der Waals surface area contributed by atoms with Gasteiger partial charge in [0.05, 0.1) is 0 Å². The fraction of sp³-hybridized carbons (Fsp3) is 0.909. The second kappa shape index (κ2) is 4.30. The van der Waals surface area contributed by atoms with Crippen molar-refractivity contribution in [1.29, 1.82) is 0 Å². The van der Waals surface area contributed by atoms with Crippen LogP contribution in [0.15, 0.2) is 0 Å². The molecule has 0 unspecified atom stereocenters. The quantitative estimate of drug-likeness (QED) is 0.690. The Bertz CT molecular complexity index is 201. The molecule has 1 saturated carbocycles. The van der Waals surface area contributed by atoms with Crippen LogP contribution in [0.2, 0.25) is 0 Å². The summed E-state index contributed by atoms with van der Waals surface area (Å²) in [5.74, 6) is -0.269. The van der Waals surface area contributed by atoms with Gasteiger partial charge in [-0.05, 0) is 38.0 Å². The van der Waals surface area contributed by atoms with Crippen LogP contribution in [0, 0.1) is 5.41 Å². The minimum absolute atomic E-state index is 0.0986. The summed E-state index contributed by atoms with van der Waals surface area (Å²) in [6.45, 7) is 6.18. The number of carbonyl (C=O) groups is 1. The Hall–Kier alpha value is -0.570. The van der Waals surface area contributed by atoms with Crippen molar-refractivity contribution in [3.63, 3.8) is 0 Å². The first-order valence-electron chi connectivity index (χ1n) is 5.37. The van der Waals surface area contributed by atoms with E-state index in [2.05, 4.69) is 13.8 Å². The van der Waals surface area contributed by atoms with Crippen molar-refractivity contribution >= 4 is 5.97 Å². The van der Waals surface area contributed by atoms with Gasteiger partial charge in [-0.25, -0.2) is 0 Å². The summed E-state index contributed by atoms with van der Waals surface area (Å²) in [5, 5.41) is 0. The van der Waals surface area contributed by atoms with E-state index in [4.69, 9.17) is 10.5 Å². The van der Waals surface area contributed by atoms with Crippen LogP contribution >= 0.6 is 0 Å². The standard InChI is InChI=1S/C11H21NO2/c1-8(12)10(13)14-9-4-6-11(2,3)7-5-9/h8-9H,4-7,12H2,1-3H3/t8-/m1/s1. The highest BCUT2D eigenvalue weighted by molar-refractivity contribution is 5.75. The molecule has 0 aromatic carbocycles. The summed E-state index contributed by atoms with van der Waals surface area (Å²) in [7, 11) is 0. The lowest BCUT2D eigenvalue weighted by Gasteiger charge is -2.34. The van der Waals surface area contributed by atoms with Gasteiger partial charge in [0, 0.05) is 0 Å². The van der Waals surface area contributed by atoms with Crippen LogP contribution in [0.1, 0.15) is 46.5 Å². The molecule has 0 aromatic rings. The van der Waals surface area contributed by atoms with Gasteiger partial charge in [-0.15, -0.1) is 0 Å². The third kappa shape index (κ3) is 3.29. The van der Waals surface area contributed by atoms with E-state index in [9.17, 15) is 4.79 Å². The maximum Gasteiger partial charge on any atom is 0.322 e. The average Bonchev–Trinajstić information content (AvgIpc) is 2.08. The first-order chi connectivity index (χ1) is 6.41. The highest BCUT2D eigenvalue weighted by atomic mass is 16.5. The van der Waals surface area contributed by atoms with Crippen molar-refractivity contribution in [2.45, 2.75) is 58.6 Å². The fourth-order valence-electron chi connectivity index (χ4n) is 1.76. The molecule has 1 aliphatic carbocycles. The Morgan fingerprint density at radius 1 is 1.43 bits per heavy atom. The van der Waals surface area contributed by atoms with Gasteiger partial charge in [0.25, 0.3) is 0 Å². The molecule has 1 rings (SSSR count). The average molecular weight is 199 g/mol. The van der Waals surface area contributed by atoms with Gasteiger partial charge in [-0.3, -0.25) is 4.79 Å². The normalized spacial score (nSPS) is 24.3. The monoisotopic (exact) mass is 199 g/mol. The molecule has 3 heteroatoms. The zero-order valence-electron chi connectivity index (χ0n) is 9.38. The van der Waals surface area contributed by atoms with Gasteiger partial charge in [-0.2, -0.15) is 0 Å². The third-order valence-corrected chi connectivity index (χ3v) is 2.94. The molecule has 82 valence electrons. The van der Waals surface area contributed by atoms with Gasteiger partial charge in [-0.1, -0.05) is 13.8 Å². The predicted molar refractivity (Wildman–Crippen MR) is 55.8 cm³/mol. The Morgan fingerprint density at radius 2 is 1.93 bits per heavy atom. The van der Waals surface area contributed by atoms with E-state index in [0.29, 0.717) is 5.41 Å². The highest BCUT2D eigenvalue weighted by Gasteiger charge is 2.29. The maximum absolute atomic E-state index is 11.2. The molecular formula is C11H21NO2. The van der Waals surface area contributed by atoms with Gasteiger partial charge in [0.15, 0.2) is 0 Å². The van der Waals surface area contributed by atoms with E-state index in [1.807, 2.05) is 0 Å². The second-order valence-corrected chi connectivity index (χ2v) is 5.09. The number of ether oxygens (including phenoxy) is 1. The first kappa shape index (κ1) is 11.5. The van der Waals surface area contributed by atoms with Crippen LogP contribution in [-0.4, -0.2) is 18.1 Å². The molecule has 2 N–H and O–H groups in total. The molecule has 1 atom stereocenters. The summed E-state index contributed by atoms with van der Waals surface area (Å²) in [5.41, 5.74) is 5.85. The summed E-state index contributed by atoms with van der Waals surface area (Å²) in [6.07, 6.45) is 4.31. The van der Waals surface area contributed by atoms with E-state index >= 15 is 0 Å². The van der Waals surface area contributed by atoms with Crippen molar-refractivity contribution in [3.8, 4) is 0 Å². The summed E-state index contributed by atoms with van der Waals surface area (Å²) < 4.78 is 5.28. The van der Waals surface area contributed by atoms with Crippen LogP contribution in [0.25, 0.3) is 0 Å². The Balaban J connectivity index is 2.33. The van der Waals surface area contributed by atoms with E-state index in [1.165, 1.54) is 0 Å². The van der Waals surface area contributed by atoms with Crippen molar-refractivity contribution < 1.29 is 9.53 Å². The largest absolute Gasteiger partial charge is 0.461 e. The third-order valence-electron chi connectivity index (χ3n) is 2.94. The van der Waals surface area contributed by atoms with Gasteiger partial charge >= 0.3 is 5.97 Å². The van der Waals surface area contributed by atoms with Gasteiger partial charge < -0.3 is 10.5 Å². The maximum atomic E-state index is 11.2. The number of nitrogens with two attached hydrogens (primary N) is 1. The SMILES string of the molecule is C[C@@H](N)C(=O)OC1CCC(C)(C)CC1. The molecule has 1 aliphatic rings. The topological polar surface area (TPSA) is 52.3 Å². The lowest BCUT2D eigenvalue weighted by molar-refractivity contribution is -0.152. The molecule has 0 aliphatic heterocycles. The molecule has 0 amide bonds. The molecule has 14 heavy (non-hydrogen) atoms. The predicted octanol–water partition coefficient (Wildman–Crippen LogP) is 1.85. The fourth-order valence-corrected chi connectivity index (χ4v) is 1.76. The number of esters is 1. The van der Waals surface area contributed by atoms with Crippen molar-refractivity contribution in [3.05, 3.63) is 0 Å². The molecule has 0 heterocycles. The Labute approximate surface area is 86.0 Å². The lowest BCUT2D eigenvalue weighted by Crippen LogP contribution is -2.35. The molecule has 1 fully saturated rings. The Kier molecular flexibility index (Phi) is 3.53. The van der Waals surface area contributed by atoms with Gasteiger partial charge in [0.1, 0.15) is 12.1 Å². The Morgan fingerprint density at radius 3 is 2.36 bits per heavy atom. The molecule has 0 radical (unpaired) electrons. The van der Waals surface area contributed by atoms with Crippen LogP contribution < -0.4 is 5.73 Å². The number of carbonyl (C=O) groups excluding carboxylic acids is 1. The lowest BCUT2D eigenvalue weighted by atomic mass is 9.76. The van der Waals surface area contributed by atoms with Gasteiger partial charge in [0.2, 0.25) is 0 Å². The molecule has 3 nitrogen and oxygen atoms in total. The molecule has 0 spiro atoms. The summed E-state index contributed by atoms with van der Waals surface area (Å²) in [4.78, 5) is 11.2. The number of rotatable bonds is 2. The van der Waals surface area contributed by atoms with Crippen LogP contribution in [0.5, 0.6) is 0 Å². The highest BCUT2D eigenvalue weighted by Crippen LogP contribution is 2.36. The minimum Gasteiger partial charge on any atom is -0.461 e. The molecule has 0 aromatic heterocycles. The summed E-state index contributed by atoms with van der Waals surface area (Å²) in [6, 6.07) is -0.495. The van der Waals surface area contributed by atoms with Crippen molar-refractivity contribution in [2.24, 2.45) is 11.1 Å². The smallest absolute Gasteiger partial charge is 0.322 e.